The van der Waals surface area contributed by atoms with Crippen molar-refractivity contribution in [3.05, 3.63) is 53.1 Å². The third kappa shape index (κ3) is 4.43. The van der Waals surface area contributed by atoms with Crippen molar-refractivity contribution in [3.63, 3.8) is 0 Å². The first-order valence-electron chi connectivity index (χ1n) is 12.4. The number of hydroxylamine groups is 1. The maximum atomic E-state index is 12.8. The van der Waals surface area contributed by atoms with Crippen molar-refractivity contribution in [2.75, 3.05) is 35.0 Å². The number of nitrogens with zero attached hydrogens (tertiary/aromatic N) is 3. The maximum Gasteiger partial charge on any atom is 0.258 e. The molecule has 0 bridgehead atoms. The molecule has 0 radical (unpaired) electrons. The minimum absolute atomic E-state index is 0.153. The lowest BCUT2D eigenvalue weighted by molar-refractivity contribution is -0.222. The summed E-state index contributed by atoms with van der Waals surface area (Å²) in [5.74, 6) is 0.576. The summed E-state index contributed by atoms with van der Waals surface area (Å²) >= 11 is 0. The maximum absolute atomic E-state index is 12.8. The molecule has 2 aromatic rings. The molecule has 4 N–H and O–H groups in total. The number of nitrogens with one attached hydrogen (secondary N) is 1. The minimum Gasteiger partial charge on any atom is -0.383 e. The number of aryl methyl sites for hydroxylation is 1. The number of aliphatic imine (C=N–C) groups is 1. The van der Waals surface area contributed by atoms with E-state index in [1.54, 1.807) is 23.3 Å². The van der Waals surface area contributed by atoms with Gasteiger partial charge in [0, 0.05) is 29.9 Å². The van der Waals surface area contributed by atoms with Crippen LogP contribution in [0.15, 0.2) is 41.4 Å². The van der Waals surface area contributed by atoms with E-state index in [-0.39, 0.29) is 12.5 Å². The molecule has 10 heteroatoms. The lowest BCUT2D eigenvalue weighted by Gasteiger charge is -2.36. The zero-order chi connectivity index (χ0) is 24.8. The largest absolute Gasteiger partial charge is 0.383 e. The Bertz CT molecular complexity index is 1240. The average Bonchev–Trinajstić information content (AvgIpc) is 3.65. The minimum atomic E-state index is -1.55. The Morgan fingerprint density at radius 1 is 1.19 bits per heavy atom. The molecule has 2 amide bonds. The van der Waals surface area contributed by atoms with Crippen LogP contribution in [-0.2, 0) is 32.1 Å². The molecule has 1 saturated carbocycles. The van der Waals surface area contributed by atoms with Gasteiger partial charge in [0.15, 0.2) is 6.10 Å². The molecule has 188 valence electrons. The van der Waals surface area contributed by atoms with Crippen molar-refractivity contribution in [2.45, 2.75) is 44.6 Å². The average molecular weight is 492 g/mol. The summed E-state index contributed by atoms with van der Waals surface area (Å²) in [6, 6.07) is 11.2. The van der Waals surface area contributed by atoms with E-state index in [4.69, 9.17) is 15.3 Å². The van der Waals surface area contributed by atoms with Crippen molar-refractivity contribution in [1.82, 2.24) is 0 Å². The molecule has 2 fully saturated rings. The van der Waals surface area contributed by atoms with Crippen LogP contribution >= 0.6 is 0 Å². The molecule has 10 nitrogen and oxygen atoms in total. The van der Waals surface area contributed by atoms with Gasteiger partial charge in [0.05, 0.1) is 25.4 Å². The van der Waals surface area contributed by atoms with Gasteiger partial charge in [-0.05, 0) is 66.6 Å². The number of carbonyl (C=O) groups excluding carboxylic acids is 2. The van der Waals surface area contributed by atoms with Crippen molar-refractivity contribution < 1.29 is 24.3 Å². The number of anilines is 3. The molecule has 0 aromatic heterocycles. The van der Waals surface area contributed by atoms with Crippen LogP contribution in [0.2, 0.25) is 0 Å². The van der Waals surface area contributed by atoms with Gasteiger partial charge in [-0.3, -0.25) is 14.6 Å². The Labute approximate surface area is 208 Å². The molecule has 6 rings (SSSR count). The van der Waals surface area contributed by atoms with Gasteiger partial charge in [-0.15, -0.1) is 0 Å². The van der Waals surface area contributed by atoms with Crippen LogP contribution in [-0.4, -0.2) is 54.8 Å². The fraction of sp³-hybridized carbons (Fsp3) is 0.423. The third-order valence-corrected chi connectivity index (χ3v) is 7.10. The molecule has 1 saturated heterocycles. The quantitative estimate of drug-likeness (QED) is 0.561. The highest BCUT2D eigenvalue weighted by Crippen LogP contribution is 2.37. The second kappa shape index (κ2) is 9.20. The van der Waals surface area contributed by atoms with E-state index in [9.17, 15) is 14.7 Å². The summed E-state index contributed by atoms with van der Waals surface area (Å²) in [6.07, 6.45) is 0.866. The van der Waals surface area contributed by atoms with E-state index in [1.807, 2.05) is 23.1 Å². The van der Waals surface area contributed by atoms with Crippen molar-refractivity contribution in [1.29, 1.82) is 0 Å². The highest BCUT2D eigenvalue weighted by Gasteiger charge is 2.35. The number of rotatable bonds is 6. The number of hydrogen-bond donors (Lipinski definition) is 3. The fourth-order valence-corrected chi connectivity index (χ4v) is 4.89. The fourth-order valence-electron chi connectivity index (χ4n) is 4.89. The number of nitrogens with two attached hydrogens (primary N) is 1. The molecule has 0 unspecified atom stereocenters. The molecular weight excluding hydrogens is 462 g/mol. The zero-order valence-corrected chi connectivity index (χ0v) is 19.9. The molecule has 2 aromatic carbocycles. The second-order valence-corrected chi connectivity index (χ2v) is 9.71. The number of benzene rings is 2. The summed E-state index contributed by atoms with van der Waals surface area (Å²) in [5, 5.41) is 15.0. The SMILES string of the molecule is NC1=NCc2cc(NC(=O)[C@H](O)[C@@H]3OCCN(c4ccc5c(c4)N(CC4CC4)C(=O)CC5)O3)ccc21. The van der Waals surface area contributed by atoms with E-state index in [0.29, 0.717) is 37.0 Å². The zero-order valence-electron chi connectivity index (χ0n) is 19.9. The van der Waals surface area contributed by atoms with Crippen molar-refractivity contribution >= 4 is 34.7 Å². The second-order valence-electron chi connectivity index (χ2n) is 9.71. The number of amidine groups is 1. The van der Waals surface area contributed by atoms with Gasteiger partial charge in [0.2, 0.25) is 12.2 Å². The number of aliphatic hydroxyl groups excluding tert-OH is 1. The molecule has 2 atom stereocenters. The smallest absolute Gasteiger partial charge is 0.258 e. The van der Waals surface area contributed by atoms with Crippen LogP contribution in [0, 0.1) is 5.92 Å². The van der Waals surface area contributed by atoms with Crippen LogP contribution in [0.4, 0.5) is 17.1 Å². The molecular formula is C26H29N5O5. The van der Waals surface area contributed by atoms with Crippen molar-refractivity contribution in [2.24, 2.45) is 16.6 Å². The van der Waals surface area contributed by atoms with Gasteiger partial charge >= 0.3 is 0 Å². The third-order valence-electron chi connectivity index (χ3n) is 7.10. The van der Waals surface area contributed by atoms with E-state index in [0.717, 1.165) is 41.0 Å². The van der Waals surface area contributed by atoms with Gasteiger partial charge in [-0.2, -0.15) is 0 Å². The van der Waals surface area contributed by atoms with Crippen LogP contribution in [0.1, 0.15) is 36.0 Å². The first-order valence-corrected chi connectivity index (χ1v) is 12.4. The van der Waals surface area contributed by atoms with E-state index in [2.05, 4.69) is 10.3 Å². The normalized spacial score (nSPS) is 22.1. The number of aliphatic hydroxyl groups is 1. The van der Waals surface area contributed by atoms with E-state index >= 15 is 0 Å². The Morgan fingerprint density at radius 3 is 2.89 bits per heavy atom. The predicted octanol–water partition coefficient (Wildman–Crippen LogP) is 1.69. The molecule has 1 aliphatic carbocycles. The highest BCUT2D eigenvalue weighted by molar-refractivity contribution is 6.02. The van der Waals surface area contributed by atoms with Crippen molar-refractivity contribution in [3.8, 4) is 0 Å². The lowest BCUT2D eigenvalue weighted by atomic mass is 10.00. The van der Waals surface area contributed by atoms with Gasteiger partial charge in [-0.25, -0.2) is 9.90 Å². The number of hydrogen-bond acceptors (Lipinski definition) is 8. The molecule has 4 aliphatic rings. The van der Waals surface area contributed by atoms with Crippen LogP contribution in [0.25, 0.3) is 0 Å². The lowest BCUT2D eigenvalue weighted by Crippen LogP contribution is -2.50. The molecule has 36 heavy (non-hydrogen) atoms. The number of fused-ring (bicyclic) bond motifs is 2. The summed E-state index contributed by atoms with van der Waals surface area (Å²) in [4.78, 5) is 37.4. The highest BCUT2D eigenvalue weighted by atomic mass is 16.8. The number of ether oxygens (including phenoxy) is 1. The standard InChI is InChI=1S/C26H29N5O5/c27-24-20-7-5-18(11-17(20)13-28-24)29-25(34)23(33)26-35-10-9-31(36-26)19-6-3-16-4-8-22(32)30(21(16)12-19)14-15-1-2-15/h3,5-7,11-12,15,23,26,33H,1-2,4,8-10,13-14H2,(H2,27,28)(H,29,34)/t23-,26+/m0/s1. The monoisotopic (exact) mass is 491 g/mol. The topological polar surface area (TPSA) is 130 Å². The predicted molar refractivity (Wildman–Crippen MR) is 134 cm³/mol. The Balaban J connectivity index is 1.14. The Kier molecular flexibility index (Phi) is 5.87. The van der Waals surface area contributed by atoms with Gasteiger partial charge in [-0.1, -0.05) is 6.07 Å². The summed E-state index contributed by atoms with van der Waals surface area (Å²) in [5.41, 5.74) is 11.0. The molecule has 0 spiro atoms. The van der Waals surface area contributed by atoms with Crippen LogP contribution in [0.5, 0.6) is 0 Å². The Morgan fingerprint density at radius 2 is 2.06 bits per heavy atom. The van der Waals surface area contributed by atoms with Gasteiger partial charge in [0.1, 0.15) is 5.84 Å². The molecule has 3 heterocycles. The summed E-state index contributed by atoms with van der Waals surface area (Å²) in [6.45, 7) is 1.91. The van der Waals surface area contributed by atoms with E-state index < -0.39 is 18.3 Å². The number of amides is 2. The van der Waals surface area contributed by atoms with E-state index in [1.165, 1.54) is 12.8 Å². The first-order chi connectivity index (χ1) is 17.5. The van der Waals surface area contributed by atoms with Gasteiger partial charge < -0.3 is 25.8 Å². The summed E-state index contributed by atoms with van der Waals surface area (Å²) < 4.78 is 5.58. The van der Waals surface area contributed by atoms with Crippen LogP contribution < -0.4 is 21.0 Å². The first kappa shape index (κ1) is 23.0. The molecule has 3 aliphatic heterocycles. The van der Waals surface area contributed by atoms with Crippen LogP contribution in [0.3, 0.4) is 0 Å². The number of carbonyl (C=O) groups is 2. The Hall–Kier alpha value is -3.47. The van der Waals surface area contributed by atoms with Gasteiger partial charge in [0.25, 0.3) is 5.91 Å². The summed E-state index contributed by atoms with van der Waals surface area (Å²) in [7, 11) is 0.